The molecule has 1 unspecified atom stereocenters. The lowest BCUT2D eigenvalue weighted by atomic mass is 10.3. The van der Waals surface area contributed by atoms with Crippen LogP contribution < -0.4 is 16.9 Å². The van der Waals surface area contributed by atoms with Gasteiger partial charge in [-0.3, -0.25) is 0 Å². The fourth-order valence-electron chi connectivity index (χ4n) is 1.06. The fraction of sp³-hybridized carbons (Fsp3) is 0.800. The van der Waals surface area contributed by atoms with Crippen LogP contribution in [0.2, 0.25) is 0 Å². The van der Waals surface area contributed by atoms with Gasteiger partial charge in [0.15, 0.2) is 9.84 Å². The minimum absolute atomic E-state index is 0.0840. The molecule has 1 saturated heterocycles. The zero-order valence-corrected chi connectivity index (χ0v) is 7.34. The van der Waals surface area contributed by atoms with Gasteiger partial charge in [0, 0.05) is 0 Å². The summed E-state index contributed by atoms with van der Waals surface area (Å²) < 4.78 is 21.9. The molecule has 5 N–H and O–H groups in total. The van der Waals surface area contributed by atoms with Gasteiger partial charge < -0.3 is 16.9 Å². The summed E-state index contributed by atoms with van der Waals surface area (Å²) in [7, 11) is -2.86. The number of sulfone groups is 1. The lowest BCUT2D eigenvalue weighted by Gasteiger charge is -2.05. The molecule has 12 heavy (non-hydrogen) atoms. The molecule has 1 aliphatic heterocycles. The Hall–Kier alpha value is -0.980. The number of hydrogen-bond acceptors (Lipinski definition) is 4. The molecule has 1 aliphatic rings. The predicted molar refractivity (Wildman–Crippen MR) is 46.0 cm³/mol. The van der Waals surface area contributed by atoms with Crippen molar-refractivity contribution in [1.29, 1.82) is 0 Å². The maximum atomic E-state index is 10.9. The molecule has 1 fully saturated rings. The number of nitrogens with one attached hydrogen (secondary N) is 1. The first kappa shape index (κ1) is 9.11. The van der Waals surface area contributed by atoms with Crippen LogP contribution in [0, 0.1) is 0 Å². The van der Waals surface area contributed by atoms with Crippen LogP contribution >= 0.6 is 0 Å². The molecule has 0 aliphatic carbocycles. The maximum Gasteiger partial charge on any atom is 0.208 e. The third-order valence-corrected chi connectivity index (χ3v) is 3.38. The number of nitrogens with two attached hydrogens (primary N) is 2. The van der Waals surface area contributed by atoms with E-state index in [1.807, 2.05) is 0 Å². The second kappa shape index (κ2) is 3.18. The standard InChI is InChI=1S/C5H12N4O2S/c6-5(7)9-8-4-1-2-12(10,11)3-4/h4,8H,1-3H2,(H4,6,7,9). The van der Waals surface area contributed by atoms with Crippen LogP contribution in [-0.4, -0.2) is 31.9 Å². The number of hydrogen-bond donors (Lipinski definition) is 3. The number of nitrogens with zero attached hydrogens (tertiary/aromatic N) is 1. The molecule has 70 valence electrons. The highest BCUT2D eigenvalue weighted by Crippen LogP contribution is 2.10. The molecule has 0 bridgehead atoms. The Morgan fingerprint density at radius 3 is 2.58 bits per heavy atom. The molecule has 0 radical (unpaired) electrons. The summed E-state index contributed by atoms with van der Waals surface area (Å²) >= 11 is 0. The van der Waals surface area contributed by atoms with E-state index >= 15 is 0 Å². The van der Waals surface area contributed by atoms with Crippen LogP contribution in [0.3, 0.4) is 0 Å². The van der Waals surface area contributed by atoms with E-state index in [4.69, 9.17) is 11.5 Å². The van der Waals surface area contributed by atoms with E-state index in [0.717, 1.165) is 0 Å². The van der Waals surface area contributed by atoms with E-state index in [1.54, 1.807) is 0 Å². The van der Waals surface area contributed by atoms with Crippen LogP contribution in [0.4, 0.5) is 0 Å². The van der Waals surface area contributed by atoms with Crippen molar-refractivity contribution < 1.29 is 8.42 Å². The summed E-state index contributed by atoms with van der Waals surface area (Å²) in [4.78, 5) is 0. The first-order valence-corrected chi connectivity index (χ1v) is 5.36. The van der Waals surface area contributed by atoms with Gasteiger partial charge in [0.2, 0.25) is 5.96 Å². The molecule has 7 heteroatoms. The zero-order chi connectivity index (χ0) is 9.19. The van der Waals surface area contributed by atoms with Gasteiger partial charge in [-0.15, -0.1) is 5.10 Å². The first-order valence-electron chi connectivity index (χ1n) is 3.54. The smallest absolute Gasteiger partial charge is 0.208 e. The lowest BCUT2D eigenvalue weighted by Crippen LogP contribution is -2.32. The average Bonchev–Trinajstić information content (AvgIpc) is 2.26. The minimum atomic E-state index is -2.86. The number of hydrazone groups is 1. The molecular formula is C5H12N4O2S. The Morgan fingerprint density at radius 2 is 2.17 bits per heavy atom. The summed E-state index contributed by atoms with van der Waals surface area (Å²) in [6, 6.07) is -0.142. The van der Waals surface area contributed by atoms with Gasteiger partial charge in [-0.2, -0.15) is 0 Å². The molecule has 1 rings (SSSR count). The molecule has 1 heterocycles. The van der Waals surface area contributed by atoms with E-state index < -0.39 is 9.84 Å². The Labute approximate surface area is 70.9 Å². The van der Waals surface area contributed by atoms with Crippen LogP contribution in [-0.2, 0) is 9.84 Å². The average molecular weight is 192 g/mol. The fourth-order valence-corrected chi connectivity index (χ4v) is 2.73. The molecule has 0 aromatic rings. The van der Waals surface area contributed by atoms with Gasteiger partial charge in [0.1, 0.15) is 0 Å². The Balaban J connectivity index is 2.44. The van der Waals surface area contributed by atoms with Crippen molar-refractivity contribution in [3.8, 4) is 0 Å². The van der Waals surface area contributed by atoms with Gasteiger partial charge in [-0.1, -0.05) is 0 Å². The first-order chi connectivity index (χ1) is 5.49. The van der Waals surface area contributed by atoms with Crippen LogP contribution in [0.1, 0.15) is 6.42 Å². The molecule has 0 saturated carbocycles. The van der Waals surface area contributed by atoms with Crippen molar-refractivity contribution in [2.45, 2.75) is 12.5 Å². The van der Waals surface area contributed by atoms with E-state index in [9.17, 15) is 8.42 Å². The SMILES string of the molecule is NC(N)=NNC1CCS(=O)(=O)C1. The second-order valence-corrected chi connectivity index (χ2v) is 4.99. The third-order valence-electron chi connectivity index (χ3n) is 1.61. The van der Waals surface area contributed by atoms with Crippen molar-refractivity contribution in [3.63, 3.8) is 0 Å². The van der Waals surface area contributed by atoms with Gasteiger partial charge in [-0.25, -0.2) is 8.42 Å². The monoisotopic (exact) mass is 192 g/mol. The van der Waals surface area contributed by atoms with Gasteiger partial charge in [-0.05, 0) is 6.42 Å². The van der Waals surface area contributed by atoms with E-state index in [1.165, 1.54) is 0 Å². The molecular weight excluding hydrogens is 180 g/mol. The zero-order valence-electron chi connectivity index (χ0n) is 6.53. The molecule has 0 aromatic carbocycles. The summed E-state index contributed by atoms with van der Waals surface area (Å²) in [5, 5.41) is 3.53. The lowest BCUT2D eigenvalue weighted by molar-refractivity contribution is 0.576. The van der Waals surface area contributed by atoms with Crippen molar-refractivity contribution in [2.75, 3.05) is 11.5 Å². The summed E-state index contributed by atoms with van der Waals surface area (Å²) in [5.41, 5.74) is 12.7. The van der Waals surface area contributed by atoms with Crippen LogP contribution in [0.15, 0.2) is 5.10 Å². The highest BCUT2D eigenvalue weighted by molar-refractivity contribution is 7.91. The normalized spacial score (nSPS) is 26.5. The van der Waals surface area contributed by atoms with Crippen molar-refractivity contribution >= 4 is 15.8 Å². The Morgan fingerprint density at radius 1 is 1.50 bits per heavy atom. The van der Waals surface area contributed by atoms with E-state index in [-0.39, 0.29) is 23.5 Å². The van der Waals surface area contributed by atoms with Crippen molar-refractivity contribution in [3.05, 3.63) is 0 Å². The van der Waals surface area contributed by atoms with Gasteiger partial charge in [0.25, 0.3) is 0 Å². The van der Waals surface area contributed by atoms with E-state index in [2.05, 4.69) is 10.5 Å². The van der Waals surface area contributed by atoms with E-state index in [0.29, 0.717) is 6.42 Å². The molecule has 0 amide bonds. The summed E-state index contributed by atoms with van der Waals surface area (Å²) in [6.45, 7) is 0. The van der Waals surface area contributed by atoms with Gasteiger partial charge >= 0.3 is 0 Å². The van der Waals surface area contributed by atoms with Crippen molar-refractivity contribution in [2.24, 2.45) is 16.6 Å². The van der Waals surface area contributed by atoms with Crippen LogP contribution in [0.25, 0.3) is 0 Å². The molecule has 0 aromatic heterocycles. The Kier molecular flexibility index (Phi) is 2.41. The molecule has 1 atom stereocenters. The van der Waals surface area contributed by atoms with Crippen LogP contribution in [0.5, 0.6) is 0 Å². The number of rotatable bonds is 2. The summed E-state index contributed by atoms with van der Waals surface area (Å²) in [5.74, 6) is 0.244. The number of guanidine groups is 1. The predicted octanol–water partition coefficient (Wildman–Crippen LogP) is -2.05. The maximum absolute atomic E-state index is 10.9. The highest BCUT2D eigenvalue weighted by Gasteiger charge is 2.27. The summed E-state index contributed by atoms with van der Waals surface area (Å²) in [6.07, 6.45) is 0.569. The largest absolute Gasteiger partial charge is 0.369 e. The van der Waals surface area contributed by atoms with Crippen molar-refractivity contribution in [1.82, 2.24) is 5.43 Å². The second-order valence-electron chi connectivity index (χ2n) is 2.77. The minimum Gasteiger partial charge on any atom is -0.369 e. The Bertz CT molecular complexity index is 280. The topological polar surface area (TPSA) is 111 Å². The highest BCUT2D eigenvalue weighted by atomic mass is 32.2. The molecule has 0 spiro atoms. The van der Waals surface area contributed by atoms with Gasteiger partial charge in [0.05, 0.1) is 17.5 Å². The quantitative estimate of drug-likeness (QED) is 0.265. The third kappa shape index (κ3) is 2.57. The molecule has 6 nitrogen and oxygen atoms in total.